The third-order valence-corrected chi connectivity index (χ3v) is 4.32. The summed E-state index contributed by atoms with van der Waals surface area (Å²) in [7, 11) is 0. The number of benzene rings is 1. The molecule has 2 unspecified atom stereocenters. The minimum absolute atomic E-state index is 0.205. The Labute approximate surface area is 122 Å². The number of nitrogens with one attached hydrogen (secondary N) is 1. The second-order valence-electron chi connectivity index (χ2n) is 6.84. The molecule has 0 aliphatic heterocycles. The third-order valence-electron chi connectivity index (χ3n) is 4.08. The van der Waals surface area contributed by atoms with E-state index < -0.39 is 0 Å². The van der Waals surface area contributed by atoms with Gasteiger partial charge in [-0.2, -0.15) is 0 Å². The first-order valence-electron chi connectivity index (χ1n) is 7.46. The van der Waals surface area contributed by atoms with Crippen LogP contribution in [0.25, 0.3) is 0 Å². The quantitative estimate of drug-likeness (QED) is 0.821. The van der Waals surface area contributed by atoms with Crippen LogP contribution < -0.4 is 5.32 Å². The summed E-state index contributed by atoms with van der Waals surface area (Å²) in [5.74, 6) is 1.41. The van der Waals surface area contributed by atoms with Crippen molar-refractivity contribution < 1.29 is 0 Å². The van der Waals surface area contributed by atoms with Crippen LogP contribution in [0.4, 0.5) is 0 Å². The lowest BCUT2D eigenvalue weighted by Gasteiger charge is -2.34. The van der Waals surface area contributed by atoms with Crippen LogP contribution in [-0.2, 0) is 0 Å². The van der Waals surface area contributed by atoms with Crippen molar-refractivity contribution in [3.8, 4) is 0 Å². The smallest absolute Gasteiger partial charge is 0.0408 e. The molecule has 1 saturated carbocycles. The molecule has 1 aromatic rings. The largest absolute Gasteiger partial charge is 0.312 e. The minimum Gasteiger partial charge on any atom is -0.312 e. The van der Waals surface area contributed by atoms with E-state index in [9.17, 15) is 0 Å². The van der Waals surface area contributed by atoms with Crippen molar-refractivity contribution in [1.82, 2.24) is 5.32 Å². The first-order valence-corrected chi connectivity index (χ1v) is 7.84. The van der Waals surface area contributed by atoms with Crippen molar-refractivity contribution >= 4 is 11.6 Å². The van der Waals surface area contributed by atoms with E-state index in [4.69, 9.17) is 11.6 Å². The zero-order valence-electron chi connectivity index (χ0n) is 12.4. The van der Waals surface area contributed by atoms with Gasteiger partial charge < -0.3 is 5.32 Å². The van der Waals surface area contributed by atoms with Gasteiger partial charge in [-0.3, -0.25) is 0 Å². The molecule has 0 radical (unpaired) electrons. The fourth-order valence-electron chi connectivity index (χ4n) is 3.07. The highest BCUT2D eigenvalue weighted by Gasteiger charge is 2.27. The Morgan fingerprint density at radius 3 is 2.63 bits per heavy atom. The van der Waals surface area contributed by atoms with E-state index in [1.807, 2.05) is 6.07 Å². The molecule has 0 spiro atoms. The van der Waals surface area contributed by atoms with E-state index in [0.29, 0.717) is 5.92 Å². The minimum atomic E-state index is 0.205. The molecule has 2 heteroatoms. The van der Waals surface area contributed by atoms with Crippen LogP contribution in [0.2, 0.25) is 5.02 Å². The van der Waals surface area contributed by atoms with E-state index in [-0.39, 0.29) is 5.54 Å². The van der Waals surface area contributed by atoms with Gasteiger partial charge in [-0.25, -0.2) is 0 Å². The zero-order chi connectivity index (χ0) is 13.9. The van der Waals surface area contributed by atoms with Crippen molar-refractivity contribution in [2.24, 2.45) is 5.92 Å². The molecule has 0 saturated heterocycles. The molecule has 1 aliphatic carbocycles. The number of hydrogen-bond acceptors (Lipinski definition) is 1. The fraction of sp³-hybridized carbons (Fsp3) is 0.647. The molecule has 2 atom stereocenters. The maximum absolute atomic E-state index is 6.15. The molecule has 1 N–H and O–H groups in total. The first kappa shape index (κ1) is 14.9. The Bertz CT molecular complexity index is 408. The van der Waals surface area contributed by atoms with E-state index in [1.54, 1.807) is 0 Å². The van der Waals surface area contributed by atoms with Crippen LogP contribution in [0.1, 0.15) is 57.9 Å². The summed E-state index contributed by atoms with van der Waals surface area (Å²) in [6, 6.07) is 8.45. The van der Waals surface area contributed by atoms with Gasteiger partial charge in [-0.15, -0.1) is 0 Å². The van der Waals surface area contributed by atoms with Crippen molar-refractivity contribution in [3.05, 3.63) is 34.9 Å². The maximum Gasteiger partial charge on any atom is 0.0408 e. The zero-order valence-corrected chi connectivity index (χ0v) is 13.1. The lowest BCUT2D eigenvalue weighted by Crippen LogP contribution is -2.41. The molecule has 1 nitrogen and oxygen atoms in total. The molecule has 106 valence electrons. The Hall–Kier alpha value is -0.530. The van der Waals surface area contributed by atoms with Crippen molar-refractivity contribution in [2.75, 3.05) is 6.54 Å². The van der Waals surface area contributed by atoms with Gasteiger partial charge in [-0.1, -0.05) is 36.6 Å². The van der Waals surface area contributed by atoms with Crippen LogP contribution in [0.3, 0.4) is 0 Å². The predicted molar refractivity (Wildman–Crippen MR) is 83.9 cm³/mol. The highest BCUT2D eigenvalue weighted by atomic mass is 35.5. The van der Waals surface area contributed by atoms with Crippen LogP contribution in [0, 0.1) is 5.92 Å². The first-order chi connectivity index (χ1) is 8.96. The maximum atomic E-state index is 6.15. The standard InChI is InChI=1S/C17H26ClN/c1-17(2,3)19-12-14-7-4-5-10-16(14)13-8-6-9-15(18)11-13/h6,8-9,11,14,16,19H,4-5,7,10,12H2,1-3H3. The Balaban J connectivity index is 2.07. The van der Waals surface area contributed by atoms with Crippen molar-refractivity contribution in [1.29, 1.82) is 0 Å². The van der Waals surface area contributed by atoms with Crippen LogP contribution in [0.5, 0.6) is 0 Å². The Kier molecular flexibility index (Phi) is 4.92. The van der Waals surface area contributed by atoms with Crippen LogP contribution >= 0.6 is 11.6 Å². The normalized spacial score (nSPS) is 24.4. The molecule has 2 rings (SSSR count). The number of hydrogen-bond donors (Lipinski definition) is 1. The number of halogens is 1. The van der Waals surface area contributed by atoms with Gasteiger partial charge in [0.25, 0.3) is 0 Å². The van der Waals surface area contributed by atoms with Gasteiger partial charge in [0, 0.05) is 10.6 Å². The Morgan fingerprint density at radius 2 is 1.95 bits per heavy atom. The van der Waals surface area contributed by atoms with Gasteiger partial charge in [0.05, 0.1) is 0 Å². The van der Waals surface area contributed by atoms with Gasteiger partial charge in [0.15, 0.2) is 0 Å². The molecular weight excluding hydrogens is 254 g/mol. The summed E-state index contributed by atoms with van der Waals surface area (Å²) >= 11 is 6.15. The summed E-state index contributed by atoms with van der Waals surface area (Å²) in [6.45, 7) is 7.83. The lowest BCUT2D eigenvalue weighted by molar-refractivity contribution is 0.269. The fourth-order valence-corrected chi connectivity index (χ4v) is 3.26. The highest BCUT2D eigenvalue weighted by Crippen LogP contribution is 2.38. The van der Waals surface area contributed by atoms with Gasteiger partial charge in [0.2, 0.25) is 0 Å². The molecule has 19 heavy (non-hydrogen) atoms. The van der Waals surface area contributed by atoms with Gasteiger partial charge in [0.1, 0.15) is 0 Å². The van der Waals surface area contributed by atoms with Crippen molar-refractivity contribution in [3.63, 3.8) is 0 Å². The summed E-state index contributed by atoms with van der Waals surface area (Å²) < 4.78 is 0. The summed E-state index contributed by atoms with van der Waals surface area (Å²) in [4.78, 5) is 0. The van der Waals surface area contributed by atoms with Crippen LogP contribution in [-0.4, -0.2) is 12.1 Å². The van der Waals surface area contributed by atoms with Gasteiger partial charge in [-0.05, 0) is 69.7 Å². The topological polar surface area (TPSA) is 12.0 Å². The van der Waals surface area contributed by atoms with Crippen LogP contribution in [0.15, 0.2) is 24.3 Å². The predicted octanol–water partition coefficient (Wildman–Crippen LogP) is 5.00. The average Bonchev–Trinajstić information content (AvgIpc) is 2.36. The van der Waals surface area contributed by atoms with E-state index >= 15 is 0 Å². The SMILES string of the molecule is CC(C)(C)NCC1CCCCC1c1cccc(Cl)c1. The summed E-state index contributed by atoms with van der Waals surface area (Å²) in [5, 5.41) is 4.54. The monoisotopic (exact) mass is 279 g/mol. The molecule has 1 fully saturated rings. The molecular formula is C17H26ClN. The summed E-state index contributed by atoms with van der Waals surface area (Å²) in [5.41, 5.74) is 1.63. The molecule has 0 heterocycles. The van der Waals surface area contributed by atoms with E-state index in [1.165, 1.54) is 31.2 Å². The second kappa shape index (κ2) is 6.28. The third kappa shape index (κ3) is 4.50. The molecule has 0 aromatic heterocycles. The highest BCUT2D eigenvalue weighted by molar-refractivity contribution is 6.30. The summed E-state index contributed by atoms with van der Waals surface area (Å²) in [6.07, 6.45) is 5.36. The lowest BCUT2D eigenvalue weighted by atomic mass is 9.75. The second-order valence-corrected chi connectivity index (χ2v) is 7.27. The molecule has 1 aromatic carbocycles. The van der Waals surface area contributed by atoms with E-state index in [2.05, 4.69) is 44.3 Å². The average molecular weight is 280 g/mol. The van der Waals surface area contributed by atoms with E-state index in [0.717, 1.165) is 17.5 Å². The Morgan fingerprint density at radius 1 is 1.21 bits per heavy atom. The number of rotatable bonds is 3. The molecule has 0 bridgehead atoms. The molecule has 0 amide bonds. The van der Waals surface area contributed by atoms with Gasteiger partial charge >= 0.3 is 0 Å². The molecule has 1 aliphatic rings. The van der Waals surface area contributed by atoms with Crippen molar-refractivity contribution in [2.45, 2.75) is 57.9 Å².